The lowest BCUT2D eigenvalue weighted by Crippen LogP contribution is -2.19. The van der Waals surface area contributed by atoms with E-state index in [4.69, 9.17) is 33.4 Å². The van der Waals surface area contributed by atoms with E-state index in [0.717, 1.165) is 29.7 Å². The zero-order chi connectivity index (χ0) is 20.7. The summed E-state index contributed by atoms with van der Waals surface area (Å²) in [6.07, 6.45) is 2.67. The van der Waals surface area contributed by atoms with Crippen LogP contribution in [0.2, 0.25) is 10.0 Å². The van der Waals surface area contributed by atoms with Crippen molar-refractivity contribution in [2.24, 2.45) is 11.7 Å². The van der Waals surface area contributed by atoms with E-state index in [2.05, 4.69) is 12.2 Å². The van der Waals surface area contributed by atoms with Crippen molar-refractivity contribution in [3.05, 3.63) is 62.1 Å². The van der Waals surface area contributed by atoms with E-state index in [1.54, 1.807) is 30.3 Å². The molecule has 0 radical (unpaired) electrons. The number of benzene rings is 1. The highest BCUT2D eigenvalue weighted by Gasteiger charge is 2.28. The number of amides is 2. The SMILES string of the molecule is CC1CCc2c(sc(NC(=O)c3ccc(-c4cc(Cl)ccc4Cl)o3)c2C(N)=O)C1. The van der Waals surface area contributed by atoms with Gasteiger partial charge in [-0.05, 0) is 61.1 Å². The van der Waals surface area contributed by atoms with Gasteiger partial charge in [0, 0.05) is 15.5 Å². The number of carbonyl (C=O) groups is 2. The quantitative estimate of drug-likeness (QED) is 0.529. The summed E-state index contributed by atoms with van der Waals surface area (Å²) in [5.41, 5.74) is 7.57. The van der Waals surface area contributed by atoms with Crippen LogP contribution < -0.4 is 11.1 Å². The van der Waals surface area contributed by atoms with Gasteiger partial charge in [0.2, 0.25) is 0 Å². The Morgan fingerprint density at radius 1 is 1.24 bits per heavy atom. The third-order valence-electron chi connectivity index (χ3n) is 5.01. The predicted molar refractivity (Wildman–Crippen MR) is 116 cm³/mol. The molecule has 2 amide bonds. The molecule has 0 saturated carbocycles. The zero-order valence-electron chi connectivity index (χ0n) is 15.6. The third-order valence-corrected chi connectivity index (χ3v) is 6.74. The summed E-state index contributed by atoms with van der Waals surface area (Å²) in [7, 11) is 0. The molecular weight excluding hydrogens is 431 g/mol. The number of furan rings is 1. The van der Waals surface area contributed by atoms with Gasteiger partial charge in [0.05, 0.1) is 10.6 Å². The Morgan fingerprint density at radius 3 is 2.79 bits per heavy atom. The highest BCUT2D eigenvalue weighted by molar-refractivity contribution is 7.17. The van der Waals surface area contributed by atoms with Gasteiger partial charge in [-0.2, -0.15) is 0 Å². The fourth-order valence-electron chi connectivity index (χ4n) is 3.56. The van der Waals surface area contributed by atoms with Gasteiger partial charge in [0.25, 0.3) is 11.8 Å². The molecule has 150 valence electrons. The molecule has 8 heteroatoms. The lowest BCUT2D eigenvalue weighted by Gasteiger charge is -2.18. The van der Waals surface area contributed by atoms with Gasteiger partial charge in [0.15, 0.2) is 5.76 Å². The van der Waals surface area contributed by atoms with Crippen LogP contribution >= 0.6 is 34.5 Å². The second kappa shape index (κ2) is 7.86. The van der Waals surface area contributed by atoms with Gasteiger partial charge < -0.3 is 15.5 Å². The number of primary amides is 1. The molecule has 2 aromatic heterocycles. The van der Waals surface area contributed by atoms with Crippen molar-refractivity contribution in [3.63, 3.8) is 0 Å². The molecule has 1 aliphatic rings. The van der Waals surface area contributed by atoms with Crippen molar-refractivity contribution in [1.29, 1.82) is 0 Å². The average molecular weight is 449 g/mol. The van der Waals surface area contributed by atoms with E-state index in [1.807, 2.05) is 0 Å². The van der Waals surface area contributed by atoms with E-state index in [-0.39, 0.29) is 5.76 Å². The third kappa shape index (κ3) is 3.92. The normalized spacial score (nSPS) is 15.8. The van der Waals surface area contributed by atoms with Crippen molar-refractivity contribution in [2.45, 2.75) is 26.2 Å². The first-order valence-corrected chi connectivity index (χ1v) is 10.7. The molecule has 3 N–H and O–H groups in total. The molecular formula is C21H18Cl2N2O3S. The number of nitrogens with two attached hydrogens (primary N) is 1. The molecule has 1 atom stereocenters. The van der Waals surface area contributed by atoms with Gasteiger partial charge in [-0.1, -0.05) is 30.1 Å². The van der Waals surface area contributed by atoms with Crippen molar-refractivity contribution in [3.8, 4) is 11.3 Å². The second-order valence-corrected chi connectivity index (χ2v) is 9.11. The van der Waals surface area contributed by atoms with E-state index < -0.39 is 11.8 Å². The van der Waals surface area contributed by atoms with Crippen LogP contribution in [0.5, 0.6) is 0 Å². The number of hydrogen-bond acceptors (Lipinski definition) is 4. The molecule has 0 bridgehead atoms. The summed E-state index contributed by atoms with van der Waals surface area (Å²) >= 11 is 13.6. The first-order valence-electron chi connectivity index (χ1n) is 9.14. The summed E-state index contributed by atoms with van der Waals surface area (Å²) < 4.78 is 5.69. The fourth-order valence-corrected chi connectivity index (χ4v) is 5.35. The number of anilines is 1. The zero-order valence-corrected chi connectivity index (χ0v) is 17.9. The highest BCUT2D eigenvalue weighted by atomic mass is 35.5. The molecule has 1 unspecified atom stereocenters. The van der Waals surface area contributed by atoms with Crippen LogP contribution in [0.25, 0.3) is 11.3 Å². The average Bonchev–Trinajstić information content (AvgIpc) is 3.28. The highest BCUT2D eigenvalue weighted by Crippen LogP contribution is 2.40. The van der Waals surface area contributed by atoms with E-state index in [0.29, 0.717) is 37.9 Å². The summed E-state index contributed by atoms with van der Waals surface area (Å²) in [5, 5.41) is 4.24. The van der Waals surface area contributed by atoms with Crippen LogP contribution in [0.15, 0.2) is 34.7 Å². The Bertz CT molecular complexity index is 1120. The first-order chi connectivity index (χ1) is 13.8. The number of rotatable bonds is 4. The lowest BCUT2D eigenvalue weighted by atomic mass is 9.88. The number of thiophene rings is 1. The Hall–Kier alpha value is -2.28. The summed E-state index contributed by atoms with van der Waals surface area (Å²) in [6, 6.07) is 8.22. The standard InChI is InChI=1S/C21H18Cl2N2O3S/c1-10-2-4-12-17(8-10)29-21(18(12)19(24)26)25-20(27)16-7-6-15(28-16)13-9-11(22)3-5-14(13)23/h3,5-7,9-10H,2,4,8H2,1H3,(H2,24,26)(H,25,27). The van der Waals surface area contributed by atoms with E-state index >= 15 is 0 Å². The number of hydrogen-bond donors (Lipinski definition) is 2. The molecule has 0 fully saturated rings. The van der Waals surface area contributed by atoms with E-state index in [1.165, 1.54) is 11.3 Å². The van der Waals surface area contributed by atoms with Gasteiger partial charge in [-0.15, -0.1) is 11.3 Å². The minimum absolute atomic E-state index is 0.103. The topological polar surface area (TPSA) is 85.3 Å². The van der Waals surface area contributed by atoms with Crippen molar-refractivity contribution in [2.75, 3.05) is 5.32 Å². The van der Waals surface area contributed by atoms with Crippen molar-refractivity contribution in [1.82, 2.24) is 0 Å². The Kier molecular flexibility index (Phi) is 5.42. The van der Waals surface area contributed by atoms with E-state index in [9.17, 15) is 9.59 Å². The van der Waals surface area contributed by atoms with Crippen LogP contribution in [0.1, 0.15) is 44.7 Å². The maximum Gasteiger partial charge on any atom is 0.292 e. The van der Waals surface area contributed by atoms with Gasteiger partial charge in [-0.3, -0.25) is 9.59 Å². The molecule has 29 heavy (non-hydrogen) atoms. The molecule has 1 aliphatic carbocycles. The van der Waals surface area contributed by atoms with Gasteiger partial charge in [0.1, 0.15) is 10.8 Å². The number of fused-ring (bicyclic) bond motifs is 1. The van der Waals surface area contributed by atoms with Crippen LogP contribution in [-0.4, -0.2) is 11.8 Å². The smallest absolute Gasteiger partial charge is 0.292 e. The number of halogens is 2. The summed E-state index contributed by atoms with van der Waals surface area (Å²) in [4.78, 5) is 25.9. The molecule has 4 rings (SSSR count). The Labute approximate surface area is 181 Å². The summed E-state index contributed by atoms with van der Waals surface area (Å²) in [5.74, 6) is 0.0884. The molecule has 0 aliphatic heterocycles. The molecule has 5 nitrogen and oxygen atoms in total. The Morgan fingerprint density at radius 2 is 2.03 bits per heavy atom. The van der Waals surface area contributed by atoms with Crippen molar-refractivity contribution < 1.29 is 14.0 Å². The summed E-state index contributed by atoms with van der Waals surface area (Å²) in [6.45, 7) is 2.18. The number of nitrogens with one attached hydrogen (secondary N) is 1. The first kappa shape index (κ1) is 20.0. The van der Waals surface area contributed by atoms with Crippen molar-refractivity contribution >= 4 is 51.4 Å². The van der Waals surface area contributed by atoms with Gasteiger partial charge in [-0.25, -0.2) is 0 Å². The molecule has 0 spiro atoms. The van der Waals surface area contributed by atoms with Gasteiger partial charge >= 0.3 is 0 Å². The minimum atomic E-state index is -0.529. The largest absolute Gasteiger partial charge is 0.451 e. The lowest BCUT2D eigenvalue weighted by molar-refractivity contribution is 0.0997. The fraction of sp³-hybridized carbons (Fsp3) is 0.238. The Balaban J connectivity index is 1.62. The molecule has 0 saturated heterocycles. The van der Waals surface area contributed by atoms with Crippen LogP contribution in [0.4, 0.5) is 5.00 Å². The molecule has 3 aromatic rings. The predicted octanol–water partition coefficient (Wildman–Crippen LogP) is 5.79. The maximum absolute atomic E-state index is 12.8. The second-order valence-electron chi connectivity index (χ2n) is 7.16. The van der Waals surface area contributed by atoms with Crippen LogP contribution in [-0.2, 0) is 12.8 Å². The van der Waals surface area contributed by atoms with Crippen LogP contribution in [0.3, 0.4) is 0 Å². The number of carbonyl (C=O) groups excluding carboxylic acids is 2. The molecule has 1 aromatic carbocycles. The monoisotopic (exact) mass is 448 g/mol. The van der Waals surface area contributed by atoms with Crippen LogP contribution in [0, 0.1) is 5.92 Å². The minimum Gasteiger partial charge on any atom is -0.451 e. The molecule has 2 heterocycles. The maximum atomic E-state index is 12.8.